The molecule has 2 saturated heterocycles. The summed E-state index contributed by atoms with van der Waals surface area (Å²) >= 11 is 0. The van der Waals surface area contributed by atoms with Gasteiger partial charge < -0.3 is 19.7 Å². The average molecular weight is 368 g/mol. The van der Waals surface area contributed by atoms with E-state index in [0.29, 0.717) is 19.2 Å². The number of hydrogen-bond donors (Lipinski definition) is 1. The molecule has 6 nitrogen and oxygen atoms in total. The number of piperidine rings is 1. The molecule has 0 saturated carbocycles. The zero-order valence-electron chi connectivity index (χ0n) is 16.0. The first-order valence-electron chi connectivity index (χ1n) is 9.99. The third kappa shape index (κ3) is 4.22. The molecule has 0 aliphatic carbocycles. The standard InChI is InChI=1S/C21H28N4O2/c1-2-3-11-22-20-23-18(17-7-5-4-6-8-17)16-19(24-20)25-12-9-21(10-13-25)26-14-15-27-21/h4-8,16H,2-3,9-15H2,1H3,(H,22,23,24). The van der Waals surface area contributed by atoms with Crippen LogP contribution in [0.5, 0.6) is 0 Å². The van der Waals surface area contributed by atoms with Crippen LogP contribution in [0.2, 0.25) is 0 Å². The molecule has 1 aromatic heterocycles. The van der Waals surface area contributed by atoms with Crippen molar-refractivity contribution in [2.45, 2.75) is 38.4 Å². The second-order valence-electron chi connectivity index (χ2n) is 7.18. The number of nitrogens with one attached hydrogen (secondary N) is 1. The number of hydrogen-bond acceptors (Lipinski definition) is 6. The average Bonchev–Trinajstić information content (AvgIpc) is 3.17. The van der Waals surface area contributed by atoms with Crippen molar-refractivity contribution in [2.75, 3.05) is 43.1 Å². The second kappa shape index (κ2) is 8.23. The molecule has 4 rings (SSSR count). The summed E-state index contributed by atoms with van der Waals surface area (Å²) in [5.74, 6) is 1.30. The van der Waals surface area contributed by atoms with Gasteiger partial charge in [0.25, 0.3) is 0 Å². The smallest absolute Gasteiger partial charge is 0.225 e. The minimum atomic E-state index is -0.367. The Hall–Kier alpha value is -2.18. The van der Waals surface area contributed by atoms with Gasteiger partial charge in [0.1, 0.15) is 5.82 Å². The molecular formula is C21H28N4O2. The van der Waals surface area contributed by atoms with Gasteiger partial charge in [-0.3, -0.25) is 0 Å². The molecule has 144 valence electrons. The molecule has 1 aromatic carbocycles. The molecule has 0 bridgehead atoms. The van der Waals surface area contributed by atoms with Crippen molar-refractivity contribution in [2.24, 2.45) is 0 Å². The van der Waals surface area contributed by atoms with E-state index in [1.807, 2.05) is 18.2 Å². The normalized spacial score (nSPS) is 18.8. The summed E-state index contributed by atoms with van der Waals surface area (Å²) in [4.78, 5) is 11.8. The van der Waals surface area contributed by atoms with E-state index in [2.05, 4.69) is 35.3 Å². The fraction of sp³-hybridized carbons (Fsp3) is 0.524. The van der Waals surface area contributed by atoms with Crippen LogP contribution in [0.4, 0.5) is 11.8 Å². The number of aromatic nitrogens is 2. The molecule has 1 N–H and O–H groups in total. The van der Waals surface area contributed by atoms with Gasteiger partial charge in [-0.1, -0.05) is 43.7 Å². The van der Waals surface area contributed by atoms with Gasteiger partial charge in [-0.05, 0) is 6.42 Å². The molecule has 6 heteroatoms. The Balaban J connectivity index is 1.56. The summed E-state index contributed by atoms with van der Waals surface area (Å²) in [5.41, 5.74) is 2.06. The van der Waals surface area contributed by atoms with Crippen LogP contribution in [0.25, 0.3) is 11.3 Å². The Labute approximate surface area is 160 Å². The zero-order chi connectivity index (χ0) is 18.5. The molecule has 1 spiro atoms. The Bertz CT molecular complexity index is 737. The molecular weight excluding hydrogens is 340 g/mol. The summed E-state index contributed by atoms with van der Waals surface area (Å²) in [6, 6.07) is 12.4. The largest absolute Gasteiger partial charge is 0.356 e. The van der Waals surface area contributed by atoms with Crippen molar-refractivity contribution in [3.8, 4) is 11.3 Å². The van der Waals surface area contributed by atoms with Crippen LogP contribution in [0, 0.1) is 0 Å². The first-order valence-corrected chi connectivity index (χ1v) is 9.99. The fourth-order valence-corrected chi connectivity index (χ4v) is 3.67. The van der Waals surface area contributed by atoms with E-state index in [9.17, 15) is 0 Å². The highest BCUT2D eigenvalue weighted by Crippen LogP contribution is 2.33. The van der Waals surface area contributed by atoms with Crippen LogP contribution in [0.15, 0.2) is 36.4 Å². The number of anilines is 2. The molecule has 2 aliphatic heterocycles. The van der Waals surface area contributed by atoms with Crippen LogP contribution in [-0.2, 0) is 9.47 Å². The maximum Gasteiger partial charge on any atom is 0.225 e. The predicted molar refractivity (Wildman–Crippen MR) is 107 cm³/mol. The maximum absolute atomic E-state index is 5.85. The number of benzene rings is 1. The number of ether oxygens (including phenoxy) is 2. The molecule has 0 radical (unpaired) electrons. The lowest BCUT2D eigenvalue weighted by Gasteiger charge is -2.38. The molecule has 2 aliphatic rings. The Morgan fingerprint density at radius 1 is 1.07 bits per heavy atom. The lowest BCUT2D eigenvalue weighted by molar-refractivity contribution is -0.169. The number of unbranched alkanes of at least 4 members (excludes halogenated alkanes) is 1. The zero-order valence-corrected chi connectivity index (χ0v) is 16.0. The van der Waals surface area contributed by atoms with Gasteiger partial charge in [-0.25, -0.2) is 4.98 Å². The molecule has 2 aromatic rings. The first-order chi connectivity index (χ1) is 13.3. The van der Waals surface area contributed by atoms with Gasteiger partial charge in [0.05, 0.1) is 18.9 Å². The highest BCUT2D eigenvalue weighted by atomic mass is 16.7. The van der Waals surface area contributed by atoms with Crippen molar-refractivity contribution in [3.05, 3.63) is 36.4 Å². The van der Waals surface area contributed by atoms with Crippen LogP contribution in [0.1, 0.15) is 32.6 Å². The van der Waals surface area contributed by atoms with E-state index >= 15 is 0 Å². The molecule has 0 amide bonds. The Morgan fingerprint density at radius 3 is 2.52 bits per heavy atom. The van der Waals surface area contributed by atoms with E-state index in [0.717, 1.165) is 62.4 Å². The molecule has 0 atom stereocenters. The van der Waals surface area contributed by atoms with Gasteiger partial charge in [-0.15, -0.1) is 0 Å². The van der Waals surface area contributed by atoms with Crippen molar-refractivity contribution < 1.29 is 9.47 Å². The van der Waals surface area contributed by atoms with Crippen LogP contribution >= 0.6 is 0 Å². The quantitative estimate of drug-likeness (QED) is 0.785. The highest BCUT2D eigenvalue weighted by Gasteiger charge is 2.40. The van der Waals surface area contributed by atoms with E-state index in [1.165, 1.54) is 0 Å². The third-order valence-electron chi connectivity index (χ3n) is 5.26. The van der Waals surface area contributed by atoms with Crippen LogP contribution < -0.4 is 10.2 Å². The van der Waals surface area contributed by atoms with E-state index in [4.69, 9.17) is 19.4 Å². The second-order valence-corrected chi connectivity index (χ2v) is 7.18. The molecule has 27 heavy (non-hydrogen) atoms. The summed E-state index contributed by atoms with van der Waals surface area (Å²) in [6.45, 7) is 6.23. The highest BCUT2D eigenvalue weighted by molar-refractivity contribution is 5.64. The van der Waals surface area contributed by atoms with Crippen molar-refractivity contribution in [1.82, 2.24) is 9.97 Å². The minimum Gasteiger partial charge on any atom is -0.356 e. The van der Waals surface area contributed by atoms with Gasteiger partial charge in [0, 0.05) is 44.1 Å². The number of nitrogens with zero attached hydrogens (tertiary/aromatic N) is 3. The summed E-state index contributed by atoms with van der Waals surface area (Å²) in [7, 11) is 0. The van der Waals surface area contributed by atoms with Crippen molar-refractivity contribution >= 4 is 11.8 Å². The number of rotatable bonds is 6. The lowest BCUT2D eigenvalue weighted by Crippen LogP contribution is -2.45. The summed E-state index contributed by atoms with van der Waals surface area (Å²) in [5, 5.41) is 3.39. The first kappa shape index (κ1) is 18.2. The van der Waals surface area contributed by atoms with Crippen molar-refractivity contribution in [3.63, 3.8) is 0 Å². The molecule has 2 fully saturated rings. The maximum atomic E-state index is 5.85. The van der Waals surface area contributed by atoms with Crippen molar-refractivity contribution in [1.29, 1.82) is 0 Å². The van der Waals surface area contributed by atoms with E-state index in [-0.39, 0.29) is 5.79 Å². The minimum absolute atomic E-state index is 0.367. The van der Waals surface area contributed by atoms with Crippen LogP contribution in [-0.4, -0.2) is 48.6 Å². The monoisotopic (exact) mass is 368 g/mol. The SMILES string of the molecule is CCCCNc1nc(-c2ccccc2)cc(N2CCC3(CC2)OCCO3)n1. The molecule has 3 heterocycles. The topological polar surface area (TPSA) is 59.5 Å². The van der Waals surface area contributed by atoms with Gasteiger partial charge >= 0.3 is 0 Å². The third-order valence-corrected chi connectivity index (χ3v) is 5.26. The van der Waals surface area contributed by atoms with E-state index < -0.39 is 0 Å². The van der Waals surface area contributed by atoms with Crippen LogP contribution in [0.3, 0.4) is 0 Å². The Morgan fingerprint density at radius 2 is 1.81 bits per heavy atom. The van der Waals surface area contributed by atoms with Gasteiger partial charge in [0.2, 0.25) is 5.95 Å². The summed E-state index contributed by atoms with van der Waals surface area (Å²) < 4.78 is 11.7. The lowest BCUT2D eigenvalue weighted by atomic mass is 10.0. The fourth-order valence-electron chi connectivity index (χ4n) is 3.67. The molecule has 0 unspecified atom stereocenters. The van der Waals surface area contributed by atoms with E-state index in [1.54, 1.807) is 0 Å². The van der Waals surface area contributed by atoms with Gasteiger partial charge in [0.15, 0.2) is 5.79 Å². The summed E-state index contributed by atoms with van der Waals surface area (Å²) in [6.07, 6.45) is 3.99. The Kier molecular flexibility index (Phi) is 5.55. The predicted octanol–water partition coefficient (Wildman–Crippen LogP) is 3.70. The van der Waals surface area contributed by atoms with Gasteiger partial charge in [-0.2, -0.15) is 4.98 Å².